The molecule has 3 aromatic heterocycles. The Bertz CT molecular complexity index is 1420. The number of hydrogen-bond donors (Lipinski definition) is 0. The second kappa shape index (κ2) is 8.64. The Labute approximate surface area is 195 Å². The van der Waals surface area contributed by atoms with Gasteiger partial charge in [-0.05, 0) is 46.3 Å². The van der Waals surface area contributed by atoms with Gasteiger partial charge in [-0.15, -0.1) is 0 Å². The van der Waals surface area contributed by atoms with Crippen molar-refractivity contribution >= 4 is 59.4 Å². The minimum absolute atomic E-state index is 0.00396. The van der Waals surface area contributed by atoms with Crippen LogP contribution >= 0.6 is 31.9 Å². The largest absolute Gasteiger partial charge is 0.351 e. The first-order chi connectivity index (χ1) is 14.9. The highest BCUT2D eigenvalue weighted by Gasteiger charge is 2.19. The number of hydrogen-bond acceptors (Lipinski definition) is 3. The van der Waals surface area contributed by atoms with Crippen molar-refractivity contribution in [1.29, 1.82) is 0 Å². The van der Waals surface area contributed by atoms with Crippen LogP contribution < -0.4 is 0 Å². The molecule has 0 saturated carbocycles. The molecule has 31 heavy (non-hydrogen) atoms. The van der Waals surface area contributed by atoms with E-state index in [-0.39, 0.29) is 5.69 Å². The van der Waals surface area contributed by atoms with Crippen molar-refractivity contribution in [2.45, 2.75) is 0 Å². The smallest absolute Gasteiger partial charge is 0.296 e. The van der Waals surface area contributed by atoms with Gasteiger partial charge < -0.3 is 9.13 Å². The average molecular weight is 542 g/mol. The molecule has 5 rings (SSSR count). The molecule has 0 N–H and O–H groups in total. The van der Waals surface area contributed by atoms with Crippen molar-refractivity contribution in [2.24, 2.45) is 14.1 Å². The summed E-state index contributed by atoms with van der Waals surface area (Å²) in [5, 5.41) is 13.5. The third-order valence-electron chi connectivity index (χ3n) is 5.09. The van der Waals surface area contributed by atoms with Crippen molar-refractivity contribution in [3.8, 4) is 11.3 Å². The molecule has 3 heterocycles. The van der Waals surface area contributed by atoms with Gasteiger partial charge in [-0.3, -0.25) is 10.1 Å². The Morgan fingerprint density at radius 2 is 1.52 bits per heavy atom. The zero-order valence-corrected chi connectivity index (χ0v) is 20.0. The molecule has 156 valence electrons. The van der Waals surface area contributed by atoms with E-state index in [0.29, 0.717) is 10.2 Å². The maximum Gasteiger partial charge on any atom is 0.296 e. The van der Waals surface area contributed by atoms with E-state index in [9.17, 15) is 10.1 Å². The molecule has 0 amide bonds. The summed E-state index contributed by atoms with van der Waals surface area (Å²) in [6.07, 6.45) is 5.57. The standard InChI is InChI=1S/C14H10BrN3O2.C9H8BrN/c1-17-6-5-10-11(3-2-4-12(10)17)14-13(18(19)20)7-9(15)8-16-14;1-11-6-5-7-8(10)3-2-4-9(7)11/h2-8H,1H3;2-6H,1H3. The lowest BCUT2D eigenvalue weighted by molar-refractivity contribution is -0.384. The maximum atomic E-state index is 11.2. The van der Waals surface area contributed by atoms with Gasteiger partial charge in [0, 0.05) is 75.1 Å². The van der Waals surface area contributed by atoms with Crippen LogP contribution in [-0.4, -0.2) is 19.0 Å². The van der Waals surface area contributed by atoms with Crippen LogP contribution in [0.1, 0.15) is 0 Å². The highest BCUT2D eigenvalue weighted by Crippen LogP contribution is 2.34. The second-order valence-electron chi connectivity index (χ2n) is 7.04. The first-order valence-electron chi connectivity index (χ1n) is 9.40. The van der Waals surface area contributed by atoms with Gasteiger partial charge in [0.1, 0.15) is 5.69 Å². The van der Waals surface area contributed by atoms with Crippen LogP contribution in [0.3, 0.4) is 0 Å². The number of nitro groups is 1. The third kappa shape index (κ3) is 4.13. The molecule has 0 unspecified atom stereocenters. The predicted molar refractivity (Wildman–Crippen MR) is 131 cm³/mol. The van der Waals surface area contributed by atoms with Crippen molar-refractivity contribution in [1.82, 2.24) is 14.1 Å². The summed E-state index contributed by atoms with van der Waals surface area (Å²) in [5.41, 5.74) is 3.42. The van der Waals surface area contributed by atoms with Crippen LogP contribution in [0.25, 0.3) is 33.1 Å². The second-order valence-corrected chi connectivity index (χ2v) is 8.81. The molecule has 0 fully saturated rings. The Hall–Kier alpha value is -2.97. The quantitative estimate of drug-likeness (QED) is 0.181. The molecule has 0 aliphatic heterocycles. The monoisotopic (exact) mass is 540 g/mol. The van der Waals surface area contributed by atoms with Gasteiger partial charge in [0.25, 0.3) is 5.69 Å². The highest BCUT2D eigenvalue weighted by atomic mass is 79.9. The van der Waals surface area contributed by atoms with Crippen LogP contribution in [0, 0.1) is 10.1 Å². The van der Waals surface area contributed by atoms with Gasteiger partial charge in [0.2, 0.25) is 0 Å². The fourth-order valence-electron chi connectivity index (χ4n) is 3.55. The van der Waals surface area contributed by atoms with Crippen molar-refractivity contribution in [2.75, 3.05) is 0 Å². The van der Waals surface area contributed by atoms with Crippen LogP contribution in [-0.2, 0) is 14.1 Å². The molecule has 0 bridgehead atoms. The SMILES string of the molecule is Cn1ccc2c(-c3ncc(Br)cc3[N+](=O)[O-])cccc21.Cn1ccc2c(Br)cccc21. The summed E-state index contributed by atoms with van der Waals surface area (Å²) in [6.45, 7) is 0. The summed E-state index contributed by atoms with van der Waals surface area (Å²) in [7, 11) is 3.99. The first kappa shape index (κ1) is 21.3. The fourth-order valence-corrected chi connectivity index (χ4v) is 4.36. The number of aryl methyl sites for hydroxylation is 2. The van der Waals surface area contributed by atoms with E-state index >= 15 is 0 Å². The lowest BCUT2D eigenvalue weighted by Gasteiger charge is -2.05. The van der Waals surface area contributed by atoms with Crippen LogP contribution in [0.2, 0.25) is 0 Å². The van der Waals surface area contributed by atoms with Crippen molar-refractivity contribution in [3.63, 3.8) is 0 Å². The molecule has 0 atom stereocenters. The lowest BCUT2D eigenvalue weighted by Crippen LogP contribution is -1.95. The third-order valence-corrected chi connectivity index (χ3v) is 6.21. The van der Waals surface area contributed by atoms with Crippen LogP contribution in [0.4, 0.5) is 5.69 Å². The Kier molecular flexibility index (Phi) is 5.93. The number of pyridine rings is 1. The predicted octanol–water partition coefficient (Wildman–Crippen LogP) is 6.85. The number of fused-ring (bicyclic) bond motifs is 2. The molecule has 6 nitrogen and oxygen atoms in total. The normalized spacial score (nSPS) is 10.8. The Morgan fingerprint density at radius 1 is 0.903 bits per heavy atom. The van der Waals surface area contributed by atoms with Gasteiger partial charge in [-0.2, -0.15) is 0 Å². The summed E-state index contributed by atoms with van der Waals surface area (Å²) in [6, 6.07) is 17.5. The number of rotatable bonds is 2. The molecule has 0 saturated heterocycles. The van der Waals surface area contributed by atoms with E-state index in [0.717, 1.165) is 20.9 Å². The Balaban J connectivity index is 0.000000177. The molecule has 0 aliphatic rings. The molecule has 0 aliphatic carbocycles. The summed E-state index contributed by atoms with van der Waals surface area (Å²) < 4.78 is 5.84. The van der Waals surface area contributed by atoms with Crippen molar-refractivity contribution in [3.05, 3.63) is 92.2 Å². The highest BCUT2D eigenvalue weighted by molar-refractivity contribution is 9.11. The summed E-state index contributed by atoms with van der Waals surface area (Å²) in [4.78, 5) is 15.1. The van der Waals surface area contributed by atoms with E-state index in [1.807, 2.05) is 48.1 Å². The van der Waals surface area contributed by atoms with Gasteiger partial charge in [0.05, 0.1) is 4.92 Å². The minimum Gasteiger partial charge on any atom is -0.351 e. The molecular formula is C23H18Br2N4O2. The zero-order valence-electron chi connectivity index (χ0n) is 16.8. The molecule has 2 aromatic carbocycles. The first-order valence-corrected chi connectivity index (χ1v) is 11.0. The van der Waals surface area contributed by atoms with Gasteiger partial charge in [-0.1, -0.05) is 34.1 Å². The molecule has 0 spiro atoms. The Morgan fingerprint density at radius 3 is 2.16 bits per heavy atom. The van der Waals surface area contributed by atoms with Gasteiger partial charge >= 0.3 is 0 Å². The number of benzene rings is 2. The maximum absolute atomic E-state index is 11.2. The van der Waals surface area contributed by atoms with E-state index < -0.39 is 4.92 Å². The van der Waals surface area contributed by atoms with Gasteiger partial charge in [-0.25, -0.2) is 4.98 Å². The zero-order chi connectivity index (χ0) is 22.1. The number of halogens is 2. The average Bonchev–Trinajstić information content (AvgIpc) is 3.33. The topological polar surface area (TPSA) is 65.9 Å². The van der Waals surface area contributed by atoms with E-state index in [4.69, 9.17) is 0 Å². The summed E-state index contributed by atoms with van der Waals surface area (Å²) in [5.74, 6) is 0. The van der Waals surface area contributed by atoms with Crippen LogP contribution in [0.5, 0.6) is 0 Å². The van der Waals surface area contributed by atoms with E-state index in [1.165, 1.54) is 17.0 Å². The van der Waals surface area contributed by atoms with Gasteiger partial charge in [0.15, 0.2) is 0 Å². The molecular weight excluding hydrogens is 524 g/mol. The fraction of sp³-hybridized carbons (Fsp3) is 0.0870. The molecule has 0 radical (unpaired) electrons. The van der Waals surface area contributed by atoms with E-state index in [2.05, 4.69) is 72.9 Å². The van der Waals surface area contributed by atoms with E-state index in [1.54, 1.807) is 6.20 Å². The molecule has 5 aromatic rings. The minimum atomic E-state index is -0.408. The number of aromatic nitrogens is 3. The number of nitrogens with zero attached hydrogens (tertiary/aromatic N) is 4. The lowest BCUT2D eigenvalue weighted by atomic mass is 10.1. The van der Waals surface area contributed by atoms with Crippen molar-refractivity contribution < 1.29 is 4.92 Å². The molecule has 8 heteroatoms. The summed E-state index contributed by atoms with van der Waals surface area (Å²) >= 11 is 6.72. The van der Waals surface area contributed by atoms with Crippen LogP contribution in [0.15, 0.2) is 82.1 Å².